The average molecular weight is 458 g/mol. The minimum atomic E-state index is -0.455. The van der Waals surface area contributed by atoms with Crippen molar-refractivity contribution in [1.82, 2.24) is 10.2 Å². The summed E-state index contributed by atoms with van der Waals surface area (Å²) in [5.74, 6) is 0.213. The Hall–Kier alpha value is -4.66. The van der Waals surface area contributed by atoms with Crippen molar-refractivity contribution in [2.45, 2.75) is 6.42 Å². The number of carbonyl (C=O) groups is 2. The number of nitrogens with one attached hydrogen (secondary N) is 3. The summed E-state index contributed by atoms with van der Waals surface area (Å²) in [5, 5.41) is 13.2. The van der Waals surface area contributed by atoms with Crippen LogP contribution in [0.15, 0.2) is 71.5 Å². The number of methoxy groups -OCH3 is 2. The molecule has 0 unspecified atom stereocenters. The summed E-state index contributed by atoms with van der Waals surface area (Å²) in [6, 6.07) is 18.6. The van der Waals surface area contributed by atoms with Crippen LogP contribution < -0.4 is 20.9 Å². The van der Waals surface area contributed by atoms with E-state index in [2.05, 4.69) is 20.8 Å². The van der Waals surface area contributed by atoms with Crippen molar-refractivity contribution < 1.29 is 19.1 Å². The number of aromatic amines is 1. The Bertz CT molecular complexity index is 1410. The smallest absolute Gasteiger partial charge is 0.337 e. The van der Waals surface area contributed by atoms with E-state index in [-0.39, 0.29) is 5.56 Å². The van der Waals surface area contributed by atoms with Gasteiger partial charge in [-0.1, -0.05) is 24.3 Å². The van der Waals surface area contributed by atoms with Gasteiger partial charge in [0.25, 0.3) is 5.56 Å². The van der Waals surface area contributed by atoms with E-state index < -0.39 is 12.0 Å². The Balaban J connectivity index is 1.53. The number of hydrogen-bond donors (Lipinski definition) is 3. The molecule has 0 radical (unpaired) electrons. The lowest BCUT2D eigenvalue weighted by molar-refractivity contribution is 0.0600. The molecule has 0 aliphatic carbocycles. The molecule has 0 spiro atoms. The lowest BCUT2D eigenvalue weighted by Crippen LogP contribution is -2.20. The number of ether oxygens (including phenoxy) is 2. The molecule has 3 N–H and O–H groups in total. The quantitative estimate of drug-likeness (QED) is 0.376. The van der Waals surface area contributed by atoms with Crippen LogP contribution in [0.3, 0.4) is 0 Å². The number of aromatic nitrogens is 2. The van der Waals surface area contributed by atoms with Gasteiger partial charge in [0.15, 0.2) is 0 Å². The minimum Gasteiger partial charge on any atom is -0.497 e. The fourth-order valence-corrected chi connectivity index (χ4v) is 3.50. The highest BCUT2D eigenvalue weighted by molar-refractivity contribution is 6.01. The van der Waals surface area contributed by atoms with Crippen LogP contribution in [0.1, 0.15) is 21.6 Å². The summed E-state index contributed by atoms with van der Waals surface area (Å²) in [4.78, 5) is 36.5. The number of urea groups is 1. The molecule has 0 bridgehead atoms. The van der Waals surface area contributed by atoms with E-state index >= 15 is 0 Å². The molecule has 9 heteroatoms. The molecule has 4 aromatic rings. The molecule has 0 aliphatic rings. The highest BCUT2D eigenvalue weighted by atomic mass is 16.5. The van der Waals surface area contributed by atoms with E-state index in [9.17, 15) is 14.4 Å². The Kier molecular flexibility index (Phi) is 6.54. The summed E-state index contributed by atoms with van der Waals surface area (Å²) in [7, 11) is 2.88. The normalized spacial score (nSPS) is 10.5. The fourth-order valence-electron chi connectivity index (χ4n) is 3.50. The van der Waals surface area contributed by atoms with E-state index in [1.807, 2.05) is 12.1 Å². The van der Waals surface area contributed by atoms with E-state index in [1.165, 1.54) is 7.11 Å². The Morgan fingerprint density at radius 1 is 0.912 bits per heavy atom. The maximum absolute atomic E-state index is 12.4. The van der Waals surface area contributed by atoms with Gasteiger partial charge in [-0.25, -0.2) is 14.7 Å². The lowest BCUT2D eigenvalue weighted by atomic mass is 10.0. The molecule has 2 amide bonds. The summed E-state index contributed by atoms with van der Waals surface area (Å²) < 4.78 is 9.87. The monoisotopic (exact) mass is 458 g/mol. The molecule has 1 heterocycles. The van der Waals surface area contributed by atoms with Crippen LogP contribution in [-0.2, 0) is 11.2 Å². The zero-order valence-corrected chi connectivity index (χ0v) is 18.5. The number of amides is 2. The van der Waals surface area contributed by atoms with Gasteiger partial charge in [0, 0.05) is 29.2 Å². The van der Waals surface area contributed by atoms with Crippen molar-refractivity contribution in [3.05, 3.63) is 93.9 Å². The lowest BCUT2D eigenvalue weighted by Gasteiger charge is -2.10. The van der Waals surface area contributed by atoms with Crippen molar-refractivity contribution in [1.29, 1.82) is 0 Å². The Morgan fingerprint density at radius 3 is 2.35 bits per heavy atom. The number of H-pyrrole nitrogens is 1. The largest absolute Gasteiger partial charge is 0.497 e. The molecule has 172 valence electrons. The van der Waals surface area contributed by atoms with Gasteiger partial charge < -0.3 is 20.1 Å². The first-order chi connectivity index (χ1) is 16.5. The van der Waals surface area contributed by atoms with Crippen LogP contribution in [0.5, 0.6) is 5.75 Å². The first kappa shape index (κ1) is 22.5. The summed E-state index contributed by atoms with van der Waals surface area (Å²) in [5.41, 5.74) is 2.68. The molecule has 3 aromatic carbocycles. The number of nitrogens with zero attached hydrogens (tertiary/aromatic N) is 1. The van der Waals surface area contributed by atoms with E-state index in [0.29, 0.717) is 45.6 Å². The highest BCUT2D eigenvalue weighted by Crippen LogP contribution is 2.22. The second kappa shape index (κ2) is 9.86. The first-order valence-corrected chi connectivity index (χ1v) is 10.4. The first-order valence-electron chi connectivity index (χ1n) is 10.4. The molecule has 0 atom stereocenters. The molecule has 0 saturated carbocycles. The van der Waals surface area contributed by atoms with E-state index in [0.717, 1.165) is 5.56 Å². The number of rotatable bonds is 6. The van der Waals surface area contributed by atoms with Crippen LogP contribution in [-0.4, -0.2) is 36.4 Å². The van der Waals surface area contributed by atoms with Gasteiger partial charge in [-0.2, -0.15) is 5.10 Å². The van der Waals surface area contributed by atoms with Gasteiger partial charge in [0.1, 0.15) is 5.75 Å². The maximum Gasteiger partial charge on any atom is 0.337 e. The number of carbonyl (C=O) groups excluding carboxylic acids is 2. The molecule has 9 nitrogen and oxygen atoms in total. The van der Waals surface area contributed by atoms with Crippen molar-refractivity contribution in [3.8, 4) is 5.75 Å². The standard InChI is InChI=1S/C25H22N4O5/c1-33-19-5-3-4-17(13-19)26-25(32)27-18-10-11-20-21(14-18)23(30)29-28-22(20)12-15-6-8-16(9-7-15)24(31)34-2/h3-11,13-14H,12H2,1-2H3,(H,29,30)(H2,26,27,32). The second-order valence-electron chi connectivity index (χ2n) is 7.44. The summed E-state index contributed by atoms with van der Waals surface area (Å²) in [6.07, 6.45) is 0.442. The number of esters is 1. The van der Waals surface area contributed by atoms with Gasteiger partial charge in [-0.15, -0.1) is 0 Å². The van der Waals surface area contributed by atoms with Gasteiger partial charge in [0.05, 0.1) is 30.9 Å². The predicted octanol–water partition coefficient (Wildman–Crippen LogP) is 3.95. The summed E-state index contributed by atoms with van der Waals surface area (Å²) in [6.45, 7) is 0. The average Bonchev–Trinajstić information content (AvgIpc) is 2.86. The maximum atomic E-state index is 12.4. The third-order valence-corrected chi connectivity index (χ3v) is 5.20. The van der Waals surface area contributed by atoms with Crippen LogP contribution in [0.4, 0.5) is 16.2 Å². The van der Waals surface area contributed by atoms with Gasteiger partial charge in [0.2, 0.25) is 0 Å². The topological polar surface area (TPSA) is 122 Å². The molecule has 0 fully saturated rings. The molecule has 1 aromatic heterocycles. The van der Waals surface area contributed by atoms with E-state index in [4.69, 9.17) is 9.47 Å². The Morgan fingerprint density at radius 2 is 1.65 bits per heavy atom. The van der Waals surface area contributed by atoms with Crippen LogP contribution in [0.25, 0.3) is 10.8 Å². The zero-order chi connectivity index (χ0) is 24.1. The second-order valence-corrected chi connectivity index (χ2v) is 7.44. The highest BCUT2D eigenvalue weighted by Gasteiger charge is 2.11. The molecule has 34 heavy (non-hydrogen) atoms. The predicted molar refractivity (Wildman–Crippen MR) is 129 cm³/mol. The molecular weight excluding hydrogens is 436 g/mol. The molecule has 0 saturated heterocycles. The third kappa shape index (κ3) is 5.04. The van der Waals surface area contributed by atoms with E-state index in [1.54, 1.807) is 61.7 Å². The molecule has 4 rings (SSSR count). The SMILES string of the molecule is COC(=O)c1ccc(Cc2n[nH]c(=O)c3cc(NC(=O)Nc4cccc(OC)c4)ccc23)cc1. The van der Waals surface area contributed by atoms with Crippen molar-refractivity contribution in [3.63, 3.8) is 0 Å². The number of benzene rings is 3. The minimum absolute atomic E-state index is 0.364. The molecule has 0 aliphatic heterocycles. The van der Waals surface area contributed by atoms with Crippen LogP contribution in [0.2, 0.25) is 0 Å². The zero-order valence-electron chi connectivity index (χ0n) is 18.5. The fraction of sp³-hybridized carbons (Fsp3) is 0.120. The van der Waals surface area contributed by atoms with Crippen LogP contribution in [0, 0.1) is 0 Å². The number of fused-ring (bicyclic) bond motifs is 1. The van der Waals surface area contributed by atoms with Crippen molar-refractivity contribution >= 4 is 34.1 Å². The van der Waals surface area contributed by atoms with Crippen molar-refractivity contribution in [2.24, 2.45) is 0 Å². The Labute approximate surface area is 194 Å². The van der Waals surface area contributed by atoms with Gasteiger partial charge in [-0.05, 0) is 42.0 Å². The summed E-state index contributed by atoms with van der Waals surface area (Å²) >= 11 is 0. The molecular formula is C25H22N4O5. The van der Waals surface area contributed by atoms with Crippen molar-refractivity contribution in [2.75, 3.05) is 24.9 Å². The number of anilines is 2. The van der Waals surface area contributed by atoms with Crippen LogP contribution >= 0.6 is 0 Å². The number of hydrogen-bond acceptors (Lipinski definition) is 6. The van der Waals surface area contributed by atoms with Gasteiger partial charge >= 0.3 is 12.0 Å². The third-order valence-electron chi connectivity index (χ3n) is 5.20. The van der Waals surface area contributed by atoms with Gasteiger partial charge in [-0.3, -0.25) is 4.79 Å².